The number of nitrogens with one attached hydrogen (secondary N) is 1. The van der Waals surface area contributed by atoms with Crippen LogP contribution < -0.4 is 20.5 Å². The third-order valence-corrected chi connectivity index (χ3v) is 4.60. The fraction of sp³-hybridized carbons (Fsp3) is 0.500. The van der Waals surface area contributed by atoms with Crippen LogP contribution in [0.5, 0.6) is 11.5 Å². The highest BCUT2D eigenvalue weighted by molar-refractivity contribution is 5.92. The number of rotatable bonds is 3. The molecule has 8 heteroatoms. The minimum atomic E-state index is 0.338. The van der Waals surface area contributed by atoms with Crippen molar-refractivity contribution >= 4 is 11.6 Å². The van der Waals surface area contributed by atoms with Crippen molar-refractivity contribution in [2.75, 3.05) is 18.5 Å². The fourth-order valence-corrected chi connectivity index (χ4v) is 3.25. The lowest BCUT2D eigenvalue weighted by molar-refractivity contribution is 0.297. The molecule has 138 valence electrons. The molecule has 1 aromatic heterocycles. The van der Waals surface area contributed by atoms with Gasteiger partial charge in [-0.05, 0) is 25.0 Å². The summed E-state index contributed by atoms with van der Waals surface area (Å²) in [6.45, 7) is 2.70. The summed E-state index contributed by atoms with van der Waals surface area (Å²) in [4.78, 5) is 4.42. The maximum absolute atomic E-state index is 6.05. The molecule has 4 rings (SSSR count). The van der Waals surface area contributed by atoms with Crippen molar-refractivity contribution in [3.05, 3.63) is 29.8 Å². The number of benzene rings is 1. The summed E-state index contributed by atoms with van der Waals surface area (Å²) in [6.07, 6.45) is 5.44. The van der Waals surface area contributed by atoms with Crippen LogP contribution in [0.4, 0.5) is 5.69 Å². The van der Waals surface area contributed by atoms with Gasteiger partial charge in [0.15, 0.2) is 23.3 Å². The lowest BCUT2D eigenvalue weighted by Gasteiger charge is -2.11. The van der Waals surface area contributed by atoms with Gasteiger partial charge >= 0.3 is 0 Å². The number of hydrogen-bond donors (Lipinski definition) is 2. The van der Waals surface area contributed by atoms with Gasteiger partial charge in [-0.3, -0.25) is 0 Å². The fourth-order valence-electron chi connectivity index (χ4n) is 3.25. The molecule has 2 aliphatic rings. The third-order valence-electron chi connectivity index (χ3n) is 4.60. The number of aliphatic imine (C=N–C) groups is 1. The van der Waals surface area contributed by atoms with Gasteiger partial charge in [-0.2, -0.15) is 0 Å². The Kier molecular flexibility index (Phi) is 4.90. The third kappa shape index (κ3) is 3.74. The molecule has 3 heterocycles. The van der Waals surface area contributed by atoms with Gasteiger partial charge in [0.2, 0.25) is 0 Å². The zero-order valence-corrected chi connectivity index (χ0v) is 14.8. The van der Waals surface area contributed by atoms with Crippen molar-refractivity contribution in [3.8, 4) is 11.5 Å². The van der Waals surface area contributed by atoms with Crippen LogP contribution in [0.3, 0.4) is 0 Å². The highest BCUT2D eigenvalue weighted by Crippen LogP contribution is 2.32. The SMILES string of the molecule is NC(=NCc1nnc2n1CCCCC2)Nc1ccc2c(c1)OCCCO2. The van der Waals surface area contributed by atoms with Crippen LogP contribution in [0.25, 0.3) is 0 Å². The highest BCUT2D eigenvalue weighted by Gasteiger charge is 2.14. The summed E-state index contributed by atoms with van der Waals surface area (Å²) < 4.78 is 13.5. The number of aryl methyl sites for hydroxylation is 1. The van der Waals surface area contributed by atoms with E-state index in [4.69, 9.17) is 15.2 Å². The second-order valence-electron chi connectivity index (χ2n) is 6.53. The Morgan fingerprint density at radius 2 is 2.00 bits per heavy atom. The largest absolute Gasteiger partial charge is 0.490 e. The Bertz CT molecular complexity index is 801. The number of hydrogen-bond acceptors (Lipinski definition) is 5. The molecule has 0 unspecified atom stereocenters. The number of nitrogens with zero attached hydrogens (tertiary/aromatic N) is 4. The van der Waals surface area contributed by atoms with Gasteiger partial charge in [0.25, 0.3) is 0 Å². The van der Waals surface area contributed by atoms with Gasteiger partial charge < -0.3 is 25.1 Å². The predicted octanol–water partition coefficient (Wildman–Crippen LogP) is 2.09. The standard InChI is InChI=1S/C18H24N6O2/c19-18(20-12-17-23-22-16-5-2-1-3-8-24(16)17)21-13-6-7-14-15(11-13)26-10-4-9-25-14/h6-7,11H,1-5,8-10,12H2,(H3,19,20,21). The molecule has 1 aromatic carbocycles. The van der Waals surface area contributed by atoms with Crippen LogP contribution in [-0.2, 0) is 19.5 Å². The van der Waals surface area contributed by atoms with Gasteiger partial charge in [-0.15, -0.1) is 10.2 Å². The first-order valence-electron chi connectivity index (χ1n) is 9.17. The summed E-state index contributed by atoms with van der Waals surface area (Å²) in [7, 11) is 0. The van der Waals surface area contributed by atoms with E-state index in [9.17, 15) is 0 Å². The first-order valence-corrected chi connectivity index (χ1v) is 9.17. The second kappa shape index (κ2) is 7.63. The minimum absolute atomic E-state index is 0.338. The molecule has 0 radical (unpaired) electrons. The molecule has 0 saturated carbocycles. The molecule has 0 aliphatic carbocycles. The lowest BCUT2D eigenvalue weighted by atomic mass is 10.2. The smallest absolute Gasteiger partial charge is 0.193 e. The molecule has 0 bridgehead atoms. The molecule has 2 aromatic rings. The number of guanidine groups is 1. The van der Waals surface area contributed by atoms with Crippen LogP contribution in [0.15, 0.2) is 23.2 Å². The quantitative estimate of drug-likeness (QED) is 0.645. The molecule has 2 aliphatic heterocycles. The van der Waals surface area contributed by atoms with Gasteiger partial charge in [0.1, 0.15) is 12.4 Å². The highest BCUT2D eigenvalue weighted by atomic mass is 16.5. The Hall–Kier alpha value is -2.77. The number of ether oxygens (including phenoxy) is 2. The number of fused-ring (bicyclic) bond motifs is 2. The predicted molar refractivity (Wildman–Crippen MR) is 98.6 cm³/mol. The molecule has 26 heavy (non-hydrogen) atoms. The maximum atomic E-state index is 6.05. The Labute approximate surface area is 152 Å². The van der Waals surface area contributed by atoms with E-state index in [2.05, 4.69) is 25.1 Å². The normalized spacial score (nSPS) is 17.2. The lowest BCUT2D eigenvalue weighted by Crippen LogP contribution is -2.23. The van der Waals surface area contributed by atoms with E-state index in [1.54, 1.807) is 0 Å². The Morgan fingerprint density at radius 3 is 2.92 bits per heavy atom. The molecule has 3 N–H and O–H groups in total. The van der Waals surface area contributed by atoms with Crippen LogP contribution in [-0.4, -0.2) is 33.9 Å². The molecule has 0 spiro atoms. The average Bonchev–Trinajstić information content (AvgIpc) is 2.83. The molecule has 8 nitrogen and oxygen atoms in total. The van der Waals surface area contributed by atoms with E-state index in [1.165, 1.54) is 12.8 Å². The molecular formula is C18H24N6O2. The van der Waals surface area contributed by atoms with Gasteiger partial charge in [0, 0.05) is 31.1 Å². The summed E-state index contributed by atoms with van der Waals surface area (Å²) in [6, 6.07) is 5.67. The van der Waals surface area contributed by atoms with E-state index < -0.39 is 0 Å². The van der Waals surface area contributed by atoms with E-state index in [-0.39, 0.29) is 0 Å². The van der Waals surface area contributed by atoms with Crippen molar-refractivity contribution in [1.82, 2.24) is 14.8 Å². The summed E-state index contributed by atoms with van der Waals surface area (Å²) in [5, 5.41) is 11.7. The van der Waals surface area contributed by atoms with E-state index in [0.29, 0.717) is 25.7 Å². The number of aromatic nitrogens is 3. The van der Waals surface area contributed by atoms with Crippen LogP contribution >= 0.6 is 0 Å². The van der Waals surface area contributed by atoms with E-state index in [0.717, 1.165) is 54.6 Å². The Balaban J connectivity index is 1.43. The van der Waals surface area contributed by atoms with Gasteiger partial charge in [-0.1, -0.05) is 6.42 Å². The van der Waals surface area contributed by atoms with Crippen LogP contribution in [0.1, 0.15) is 37.3 Å². The molecule has 0 atom stereocenters. The van der Waals surface area contributed by atoms with Gasteiger partial charge in [0.05, 0.1) is 13.2 Å². The summed E-state index contributed by atoms with van der Waals surface area (Å²) >= 11 is 0. The van der Waals surface area contributed by atoms with Crippen molar-refractivity contribution in [3.63, 3.8) is 0 Å². The summed E-state index contributed by atoms with van der Waals surface area (Å²) in [5.74, 6) is 3.75. The van der Waals surface area contributed by atoms with Gasteiger partial charge in [-0.25, -0.2) is 4.99 Å². The molecule has 0 fully saturated rings. The minimum Gasteiger partial charge on any atom is -0.490 e. The maximum Gasteiger partial charge on any atom is 0.193 e. The zero-order valence-electron chi connectivity index (χ0n) is 14.8. The molecular weight excluding hydrogens is 332 g/mol. The van der Waals surface area contributed by atoms with E-state index in [1.807, 2.05) is 18.2 Å². The Morgan fingerprint density at radius 1 is 1.12 bits per heavy atom. The van der Waals surface area contributed by atoms with Crippen LogP contribution in [0, 0.1) is 0 Å². The van der Waals surface area contributed by atoms with Crippen LogP contribution in [0.2, 0.25) is 0 Å². The molecule has 0 saturated heterocycles. The number of nitrogens with two attached hydrogens (primary N) is 1. The topological polar surface area (TPSA) is 99.6 Å². The van der Waals surface area contributed by atoms with Crippen molar-refractivity contribution in [1.29, 1.82) is 0 Å². The van der Waals surface area contributed by atoms with Crippen molar-refractivity contribution in [2.24, 2.45) is 10.7 Å². The summed E-state index contributed by atoms with van der Waals surface area (Å²) in [5.41, 5.74) is 6.86. The van der Waals surface area contributed by atoms with Crippen molar-refractivity contribution < 1.29 is 9.47 Å². The monoisotopic (exact) mass is 356 g/mol. The first kappa shape index (κ1) is 16.7. The zero-order chi connectivity index (χ0) is 17.8. The van der Waals surface area contributed by atoms with E-state index >= 15 is 0 Å². The average molecular weight is 356 g/mol. The first-order chi connectivity index (χ1) is 12.8. The second-order valence-corrected chi connectivity index (χ2v) is 6.53. The number of anilines is 1. The molecule has 0 amide bonds. The van der Waals surface area contributed by atoms with Crippen molar-refractivity contribution in [2.45, 2.75) is 45.2 Å².